The van der Waals surface area contributed by atoms with Crippen molar-refractivity contribution in [3.63, 3.8) is 0 Å². The van der Waals surface area contributed by atoms with Crippen molar-refractivity contribution in [3.05, 3.63) is 0 Å². The lowest BCUT2D eigenvalue weighted by Gasteiger charge is -2.14. The largest absolute Gasteiger partial charge is 0.385 e. The highest BCUT2D eigenvalue weighted by molar-refractivity contribution is 4.90. The first-order valence-electron chi connectivity index (χ1n) is 5.43. The van der Waals surface area contributed by atoms with E-state index in [1.165, 1.54) is 0 Å². The zero-order chi connectivity index (χ0) is 11.5. The molecule has 1 unspecified atom stereocenters. The van der Waals surface area contributed by atoms with Crippen LogP contribution in [0.2, 0.25) is 0 Å². The molecular weight excluding hydrogens is 192 g/mol. The summed E-state index contributed by atoms with van der Waals surface area (Å²) < 4.78 is 10.3. The van der Waals surface area contributed by atoms with Crippen LogP contribution in [0.15, 0.2) is 0 Å². The van der Waals surface area contributed by atoms with Gasteiger partial charge in [-0.05, 0) is 26.7 Å². The summed E-state index contributed by atoms with van der Waals surface area (Å²) >= 11 is 0. The van der Waals surface area contributed by atoms with Crippen molar-refractivity contribution >= 4 is 0 Å². The van der Waals surface area contributed by atoms with Crippen LogP contribution in [-0.2, 0) is 9.47 Å². The van der Waals surface area contributed by atoms with E-state index < -0.39 is 0 Å². The van der Waals surface area contributed by atoms with Crippen LogP contribution in [0.1, 0.15) is 26.7 Å². The van der Waals surface area contributed by atoms with E-state index in [1.807, 2.05) is 13.8 Å². The van der Waals surface area contributed by atoms with Crippen LogP contribution < -0.4 is 5.32 Å². The minimum absolute atomic E-state index is 0.104. The number of nitrogens with one attached hydrogen (secondary N) is 1. The van der Waals surface area contributed by atoms with Gasteiger partial charge >= 0.3 is 0 Å². The molecule has 0 bridgehead atoms. The van der Waals surface area contributed by atoms with E-state index in [9.17, 15) is 0 Å². The molecular formula is C11H22N2O2. The van der Waals surface area contributed by atoms with E-state index in [0.29, 0.717) is 19.3 Å². The average molecular weight is 214 g/mol. The van der Waals surface area contributed by atoms with Gasteiger partial charge in [0.25, 0.3) is 0 Å². The number of nitrogens with zero attached hydrogens (tertiary/aromatic N) is 1. The Balaban J connectivity index is 3.35. The first-order valence-corrected chi connectivity index (χ1v) is 5.43. The molecule has 0 aromatic carbocycles. The van der Waals surface area contributed by atoms with Gasteiger partial charge in [0.05, 0.1) is 12.1 Å². The Bertz CT molecular complexity index is 178. The fraction of sp³-hybridized carbons (Fsp3) is 0.909. The molecule has 1 N–H and O–H groups in total. The van der Waals surface area contributed by atoms with Crippen LogP contribution in [0.4, 0.5) is 0 Å². The van der Waals surface area contributed by atoms with Crippen molar-refractivity contribution in [2.75, 3.05) is 26.9 Å². The topological polar surface area (TPSA) is 54.3 Å². The summed E-state index contributed by atoms with van der Waals surface area (Å²) in [4.78, 5) is 0. The second-order valence-corrected chi connectivity index (χ2v) is 3.75. The molecule has 0 fully saturated rings. The van der Waals surface area contributed by atoms with Gasteiger partial charge < -0.3 is 9.47 Å². The van der Waals surface area contributed by atoms with Crippen LogP contribution in [0, 0.1) is 11.3 Å². The van der Waals surface area contributed by atoms with Crippen molar-refractivity contribution in [2.45, 2.75) is 38.8 Å². The van der Waals surface area contributed by atoms with E-state index >= 15 is 0 Å². The maximum Gasteiger partial charge on any atom is 0.0976 e. The van der Waals surface area contributed by atoms with E-state index in [0.717, 1.165) is 19.4 Å². The van der Waals surface area contributed by atoms with Crippen molar-refractivity contribution in [1.29, 1.82) is 5.26 Å². The maximum absolute atomic E-state index is 8.83. The first kappa shape index (κ1) is 14.4. The van der Waals surface area contributed by atoms with E-state index in [2.05, 4.69) is 11.4 Å². The first-order chi connectivity index (χ1) is 7.20. The molecule has 0 amide bonds. The van der Waals surface area contributed by atoms with Gasteiger partial charge in [-0.25, -0.2) is 0 Å². The Morgan fingerprint density at radius 1 is 1.27 bits per heavy atom. The molecule has 0 spiro atoms. The molecule has 4 nitrogen and oxygen atoms in total. The summed E-state index contributed by atoms with van der Waals surface area (Å²) in [5, 5.41) is 12.0. The van der Waals surface area contributed by atoms with Crippen LogP contribution in [-0.4, -0.2) is 39.0 Å². The predicted octanol–water partition coefficient (Wildman–Crippen LogP) is 1.32. The minimum Gasteiger partial charge on any atom is -0.385 e. The zero-order valence-corrected chi connectivity index (χ0v) is 9.95. The fourth-order valence-corrected chi connectivity index (χ4v) is 1.20. The Morgan fingerprint density at radius 2 is 2.00 bits per heavy atom. The lowest BCUT2D eigenvalue weighted by Crippen LogP contribution is -2.34. The molecule has 88 valence electrons. The Kier molecular flexibility index (Phi) is 9.49. The lowest BCUT2D eigenvalue weighted by atomic mass is 10.2. The molecule has 15 heavy (non-hydrogen) atoms. The highest BCUT2D eigenvalue weighted by Gasteiger charge is 2.07. The van der Waals surface area contributed by atoms with E-state index in [-0.39, 0.29) is 6.04 Å². The third-order valence-corrected chi connectivity index (χ3v) is 1.88. The monoisotopic (exact) mass is 214 g/mol. The molecule has 0 heterocycles. The Labute approximate surface area is 92.6 Å². The lowest BCUT2D eigenvalue weighted by molar-refractivity contribution is 0.0985. The maximum atomic E-state index is 8.83. The van der Waals surface area contributed by atoms with E-state index in [4.69, 9.17) is 14.7 Å². The van der Waals surface area contributed by atoms with Gasteiger partial charge in [-0.3, -0.25) is 5.32 Å². The Morgan fingerprint density at radius 3 is 2.53 bits per heavy atom. The predicted molar refractivity (Wildman–Crippen MR) is 59.6 cm³/mol. The van der Waals surface area contributed by atoms with Gasteiger partial charge in [-0.15, -0.1) is 0 Å². The number of hydrogen-bond acceptors (Lipinski definition) is 4. The normalized spacial score (nSPS) is 12.7. The highest BCUT2D eigenvalue weighted by atomic mass is 16.5. The highest BCUT2D eigenvalue weighted by Crippen LogP contribution is 1.94. The molecule has 0 aromatic rings. The quantitative estimate of drug-likeness (QED) is 0.588. The van der Waals surface area contributed by atoms with Crippen LogP contribution in [0.5, 0.6) is 0 Å². The third-order valence-electron chi connectivity index (χ3n) is 1.88. The summed E-state index contributed by atoms with van der Waals surface area (Å²) in [5.41, 5.74) is 0. The summed E-state index contributed by atoms with van der Waals surface area (Å²) in [6, 6.07) is 2.45. The number of nitriles is 1. The summed E-state index contributed by atoms with van der Waals surface area (Å²) in [6.07, 6.45) is 1.65. The van der Waals surface area contributed by atoms with Crippen LogP contribution in [0.25, 0.3) is 0 Å². The second-order valence-electron chi connectivity index (χ2n) is 3.75. The summed E-state index contributed by atoms with van der Waals surface area (Å²) in [7, 11) is 1.68. The molecule has 0 aliphatic carbocycles. The number of methoxy groups -OCH3 is 1. The van der Waals surface area contributed by atoms with Crippen molar-refractivity contribution in [1.82, 2.24) is 5.32 Å². The zero-order valence-electron chi connectivity index (χ0n) is 9.95. The van der Waals surface area contributed by atoms with Gasteiger partial charge in [-0.2, -0.15) is 5.26 Å². The molecule has 0 aromatic heterocycles. The second kappa shape index (κ2) is 9.91. The molecule has 0 aliphatic heterocycles. The van der Waals surface area contributed by atoms with Gasteiger partial charge in [0.1, 0.15) is 0 Å². The standard InChI is InChI=1S/C11H22N2O2/c1-10(2)13-11(9-12)5-8-15-7-4-6-14-3/h10-11,13H,4-8H2,1-3H3. The van der Waals surface area contributed by atoms with Gasteiger partial charge in [0, 0.05) is 33.0 Å². The van der Waals surface area contributed by atoms with Crippen LogP contribution >= 0.6 is 0 Å². The SMILES string of the molecule is COCCCOCCC(C#N)NC(C)C. The van der Waals surface area contributed by atoms with Gasteiger partial charge in [0.15, 0.2) is 0 Å². The fourth-order valence-electron chi connectivity index (χ4n) is 1.20. The molecule has 0 rings (SSSR count). The smallest absolute Gasteiger partial charge is 0.0976 e. The average Bonchev–Trinajstić information content (AvgIpc) is 2.20. The van der Waals surface area contributed by atoms with Crippen LogP contribution in [0.3, 0.4) is 0 Å². The van der Waals surface area contributed by atoms with Gasteiger partial charge in [0.2, 0.25) is 0 Å². The molecule has 0 aliphatic rings. The molecule has 0 saturated heterocycles. The summed E-state index contributed by atoms with van der Waals surface area (Å²) in [5.74, 6) is 0. The molecule has 4 heteroatoms. The van der Waals surface area contributed by atoms with Crippen molar-refractivity contribution < 1.29 is 9.47 Å². The molecule has 0 saturated carbocycles. The number of hydrogen-bond donors (Lipinski definition) is 1. The Hall–Kier alpha value is -0.630. The van der Waals surface area contributed by atoms with Crippen molar-refractivity contribution in [2.24, 2.45) is 0 Å². The summed E-state index contributed by atoms with van der Waals surface area (Å²) in [6.45, 7) is 6.12. The van der Waals surface area contributed by atoms with E-state index in [1.54, 1.807) is 7.11 Å². The third kappa shape index (κ3) is 9.67. The van der Waals surface area contributed by atoms with Gasteiger partial charge in [-0.1, -0.05) is 0 Å². The number of ether oxygens (including phenoxy) is 2. The molecule has 0 radical (unpaired) electrons. The van der Waals surface area contributed by atoms with Crippen molar-refractivity contribution in [3.8, 4) is 6.07 Å². The molecule has 1 atom stereocenters. The number of rotatable bonds is 9. The minimum atomic E-state index is -0.104.